The number of rotatable bonds is 10. The Morgan fingerprint density at radius 2 is 1.84 bits per heavy atom. The molecule has 38 heavy (non-hydrogen) atoms. The van der Waals surface area contributed by atoms with Gasteiger partial charge in [-0.05, 0) is 84.5 Å². The van der Waals surface area contributed by atoms with Gasteiger partial charge in [-0.3, -0.25) is 9.59 Å². The van der Waals surface area contributed by atoms with Gasteiger partial charge in [0.05, 0.1) is 5.92 Å². The van der Waals surface area contributed by atoms with E-state index in [1.165, 1.54) is 16.7 Å². The third-order valence-corrected chi connectivity index (χ3v) is 7.80. The van der Waals surface area contributed by atoms with Gasteiger partial charge in [-0.15, -0.1) is 0 Å². The number of aryl methyl sites for hydroxylation is 1. The molecule has 5 rings (SSSR count). The summed E-state index contributed by atoms with van der Waals surface area (Å²) in [5.74, 6) is 5.67. The Kier molecular flexibility index (Phi) is 8.25. The average Bonchev–Trinajstić information content (AvgIpc) is 3.79. The zero-order valence-electron chi connectivity index (χ0n) is 22.1. The van der Waals surface area contributed by atoms with Gasteiger partial charge in [0.15, 0.2) is 0 Å². The summed E-state index contributed by atoms with van der Waals surface area (Å²) in [5.41, 5.74) is 5.44. The van der Waals surface area contributed by atoms with Gasteiger partial charge >= 0.3 is 0 Å². The van der Waals surface area contributed by atoms with Crippen molar-refractivity contribution in [2.75, 3.05) is 32.6 Å². The fourth-order valence-electron chi connectivity index (χ4n) is 5.65. The van der Waals surface area contributed by atoms with Crippen LogP contribution in [0.15, 0.2) is 71.7 Å². The molecule has 7 heteroatoms. The summed E-state index contributed by atoms with van der Waals surface area (Å²) >= 11 is 0. The molecule has 2 aromatic carbocycles. The Balaban J connectivity index is 1.42. The van der Waals surface area contributed by atoms with E-state index in [-0.39, 0.29) is 29.3 Å². The molecule has 1 aromatic heterocycles. The minimum Gasteiger partial charge on any atom is -0.385 e. The first-order chi connectivity index (χ1) is 18.5. The third-order valence-electron chi connectivity index (χ3n) is 7.80. The zero-order valence-corrected chi connectivity index (χ0v) is 22.1. The number of benzene rings is 2. The Morgan fingerprint density at radius 1 is 1.05 bits per heavy atom. The van der Waals surface area contributed by atoms with Crippen molar-refractivity contribution in [3.63, 3.8) is 0 Å². The van der Waals surface area contributed by atoms with Crippen LogP contribution in [0.2, 0.25) is 0 Å². The lowest BCUT2D eigenvalue weighted by molar-refractivity contribution is -0.138. The van der Waals surface area contributed by atoms with Crippen LogP contribution in [-0.4, -0.2) is 48.3 Å². The Labute approximate surface area is 224 Å². The standard InChI is InChI=1S/C31H38N4O3/c1-38-15-5-6-22-16-23(18-26(17-22)24-7-3-2-4-8-24)21-34(27-9-10-27)31(37)29-20-33-13-11-28(29)25-12-14-35(32)30(36)19-25/h2-4,7-8,12,14,16-19,27-29,33H,5-6,9-11,13,15,20-21,32H2,1H3. The Morgan fingerprint density at radius 3 is 2.58 bits per heavy atom. The van der Waals surface area contributed by atoms with E-state index >= 15 is 0 Å². The van der Waals surface area contributed by atoms with Crippen molar-refractivity contribution in [3.05, 3.63) is 93.9 Å². The van der Waals surface area contributed by atoms with E-state index in [4.69, 9.17) is 10.6 Å². The van der Waals surface area contributed by atoms with Gasteiger partial charge < -0.3 is 20.8 Å². The topological polar surface area (TPSA) is 89.6 Å². The molecule has 1 aliphatic heterocycles. The van der Waals surface area contributed by atoms with E-state index in [2.05, 4.69) is 52.7 Å². The summed E-state index contributed by atoms with van der Waals surface area (Å²) < 4.78 is 6.37. The van der Waals surface area contributed by atoms with E-state index in [9.17, 15) is 9.59 Å². The zero-order chi connectivity index (χ0) is 26.5. The predicted octanol–water partition coefficient (Wildman–Crippen LogP) is 3.69. The number of amides is 1. The molecule has 2 fully saturated rings. The van der Waals surface area contributed by atoms with Crippen LogP contribution < -0.4 is 16.7 Å². The normalized spacial score (nSPS) is 19.3. The highest BCUT2D eigenvalue weighted by molar-refractivity contribution is 5.81. The first-order valence-electron chi connectivity index (χ1n) is 13.7. The van der Waals surface area contributed by atoms with Crippen LogP contribution in [0.1, 0.15) is 48.3 Å². The Hall–Kier alpha value is -3.42. The van der Waals surface area contributed by atoms with Crippen molar-refractivity contribution in [2.24, 2.45) is 5.92 Å². The number of nitrogens with one attached hydrogen (secondary N) is 1. The second-order valence-corrected chi connectivity index (χ2v) is 10.6. The number of ether oxygens (including phenoxy) is 1. The van der Waals surface area contributed by atoms with Crippen LogP contribution in [0.4, 0.5) is 0 Å². The summed E-state index contributed by atoms with van der Waals surface area (Å²) in [4.78, 5) is 28.5. The van der Waals surface area contributed by atoms with Crippen LogP contribution >= 0.6 is 0 Å². The number of nitrogens with zero attached hydrogens (tertiary/aromatic N) is 2. The lowest BCUT2D eigenvalue weighted by Gasteiger charge is -2.36. The number of pyridine rings is 1. The number of nitrogens with two attached hydrogens (primary N) is 1. The molecule has 3 aromatic rings. The molecule has 2 heterocycles. The molecule has 0 bridgehead atoms. The number of hydrogen-bond donors (Lipinski definition) is 2. The van der Waals surface area contributed by atoms with Gasteiger partial charge in [0.1, 0.15) is 0 Å². The molecular weight excluding hydrogens is 476 g/mol. The number of carbonyl (C=O) groups excluding carboxylic acids is 1. The summed E-state index contributed by atoms with van der Waals surface area (Å²) in [7, 11) is 1.74. The van der Waals surface area contributed by atoms with E-state index in [1.807, 2.05) is 12.1 Å². The molecule has 3 N–H and O–H groups in total. The molecule has 1 amide bonds. The first kappa shape index (κ1) is 26.2. The molecule has 2 unspecified atom stereocenters. The lowest BCUT2D eigenvalue weighted by atomic mass is 9.80. The third kappa shape index (κ3) is 6.17. The van der Waals surface area contributed by atoms with Crippen LogP contribution in [-0.2, 0) is 22.5 Å². The number of aromatic nitrogens is 1. The van der Waals surface area contributed by atoms with E-state index in [1.54, 1.807) is 19.4 Å². The van der Waals surface area contributed by atoms with Crippen molar-refractivity contribution in [3.8, 4) is 11.1 Å². The van der Waals surface area contributed by atoms with Crippen molar-refractivity contribution in [2.45, 2.75) is 50.6 Å². The highest BCUT2D eigenvalue weighted by Crippen LogP contribution is 2.36. The van der Waals surface area contributed by atoms with Gasteiger partial charge in [0.25, 0.3) is 5.56 Å². The van der Waals surface area contributed by atoms with Crippen LogP contribution in [0.5, 0.6) is 0 Å². The maximum Gasteiger partial charge on any atom is 0.268 e. The number of hydrogen-bond acceptors (Lipinski definition) is 5. The number of carbonyl (C=O) groups is 1. The van der Waals surface area contributed by atoms with Gasteiger partial charge in [0.2, 0.25) is 5.91 Å². The molecule has 1 saturated heterocycles. The molecule has 0 spiro atoms. The number of piperidine rings is 1. The maximum absolute atomic E-state index is 14.1. The fraction of sp³-hybridized carbons (Fsp3) is 0.419. The summed E-state index contributed by atoms with van der Waals surface area (Å²) in [6, 6.07) is 20.9. The van der Waals surface area contributed by atoms with Crippen LogP contribution in [0, 0.1) is 5.92 Å². The monoisotopic (exact) mass is 514 g/mol. The molecule has 7 nitrogen and oxygen atoms in total. The molecule has 2 aliphatic rings. The van der Waals surface area contributed by atoms with Gasteiger partial charge in [0, 0.05) is 45.1 Å². The Bertz CT molecular complexity index is 1300. The average molecular weight is 515 g/mol. The quantitative estimate of drug-likeness (QED) is 0.318. The largest absolute Gasteiger partial charge is 0.385 e. The molecule has 2 atom stereocenters. The van der Waals surface area contributed by atoms with Crippen LogP contribution in [0.3, 0.4) is 0 Å². The summed E-state index contributed by atoms with van der Waals surface area (Å²) in [6.45, 7) is 2.76. The lowest BCUT2D eigenvalue weighted by Crippen LogP contribution is -2.47. The van der Waals surface area contributed by atoms with Crippen molar-refractivity contribution < 1.29 is 9.53 Å². The maximum atomic E-state index is 14.1. The smallest absolute Gasteiger partial charge is 0.268 e. The molecular formula is C31H38N4O3. The molecule has 0 radical (unpaired) electrons. The van der Waals surface area contributed by atoms with Gasteiger partial charge in [-0.2, -0.15) is 0 Å². The minimum absolute atomic E-state index is 0.000780. The highest BCUT2D eigenvalue weighted by atomic mass is 16.5. The number of methoxy groups -OCH3 is 1. The predicted molar refractivity (Wildman–Crippen MR) is 150 cm³/mol. The van der Waals surface area contributed by atoms with Gasteiger partial charge in [-0.1, -0.05) is 42.5 Å². The minimum atomic E-state index is -0.245. The van der Waals surface area contributed by atoms with Crippen molar-refractivity contribution in [1.29, 1.82) is 0 Å². The second kappa shape index (κ2) is 12.0. The van der Waals surface area contributed by atoms with E-state index in [0.29, 0.717) is 13.1 Å². The number of nitrogen functional groups attached to an aromatic ring is 1. The van der Waals surface area contributed by atoms with E-state index in [0.717, 1.165) is 61.1 Å². The molecule has 1 saturated carbocycles. The van der Waals surface area contributed by atoms with Crippen molar-refractivity contribution >= 4 is 5.91 Å². The van der Waals surface area contributed by atoms with E-state index < -0.39 is 0 Å². The van der Waals surface area contributed by atoms with Crippen molar-refractivity contribution in [1.82, 2.24) is 14.9 Å². The first-order valence-corrected chi connectivity index (χ1v) is 13.7. The fourth-order valence-corrected chi connectivity index (χ4v) is 5.65. The van der Waals surface area contributed by atoms with Gasteiger partial charge in [-0.25, -0.2) is 4.68 Å². The highest BCUT2D eigenvalue weighted by Gasteiger charge is 2.40. The summed E-state index contributed by atoms with van der Waals surface area (Å²) in [5, 5.41) is 3.42. The molecule has 1 aliphatic carbocycles. The summed E-state index contributed by atoms with van der Waals surface area (Å²) in [6.07, 6.45) is 6.38. The van der Waals surface area contributed by atoms with Crippen LogP contribution in [0.25, 0.3) is 11.1 Å². The SMILES string of the molecule is COCCCc1cc(CN(C(=O)C2CNCCC2c2ccn(N)c(=O)c2)C2CC2)cc(-c2ccccc2)c1. The second-order valence-electron chi connectivity index (χ2n) is 10.6. The molecule has 200 valence electrons.